The highest BCUT2D eigenvalue weighted by Crippen LogP contribution is 2.40. The van der Waals surface area contributed by atoms with Gasteiger partial charge in [-0.3, -0.25) is 4.68 Å². The van der Waals surface area contributed by atoms with Gasteiger partial charge >= 0.3 is 0 Å². The fraction of sp³-hybridized carbons (Fsp3) is 0.500. The first kappa shape index (κ1) is 8.31. The van der Waals surface area contributed by atoms with Gasteiger partial charge in [-0.25, -0.2) is 4.39 Å². The molecule has 0 bridgehead atoms. The summed E-state index contributed by atoms with van der Waals surface area (Å²) in [6.07, 6.45) is 3.45. The van der Waals surface area contributed by atoms with Crippen LogP contribution in [0, 0.1) is 17.7 Å². The van der Waals surface area contributed by atoms with Crippen LogP contribution < -0.4 is 0 Å². The van der Waals surface area contributed by atoms with Crippen molar-refractivity contribution in [3.63, 3.8) is 0 Å². The van der Waals surface area contributed by atoms with Crippen LogP contribution in [0.3, 0.4) is 0 Å². The number of halogens is 1. The second-order valence-corrected chi connectivity index (χ2v) is 3.24. The highest BCUT2D eigenvalue weighted by Gasteiger charge is 2.30. The first-order chi connectivity index (χ1) is 6.33. The van der Waals surface area contributed by atoms with E-state index in [1.165, 1.54) is 6.20 Å². The average molecular weight is 178 g/mol. The van der Waals surface area contributed by atoms with Crippen LogP contribution in [-0.2, 0) is 6.54 Å². The predicted molar refractivity (Wildman–Crippen MR) is 47.6 cm³/mol. The third-order valence-corrected chi connectivity index (χ3v) is 2.20. The zero-order valence-corrected chi connectivity index (χ0v) is 7.55. The summed E-state index contributed by atoms with van der Waals surface area (Å²) in [4.78, 5) is 0. The summed E-state index contributed by atoms with van der Waals surface area (Å²) in [5.74, 6) is 5.87. The number of rotatable bonds is 2. The van der Waals surface area contributed by atoms with Crippen molar-refractivity contribution in [2.45, 2.75) is 32.2 Å². The van der Waals surface area contributed by atoms with Gasteiger partial charge in [0.2, 0.25) is 0 Å². The molecule has 1 saturated carbocycles. The topological polar surface area (TPSA) is 17.8 Å². The van der Waals surface area contributed by atoms with Crippen molar-refractivity contribution in [1.82, 2.24) is 9.78 Å². The Balaban J connectivity index is 2.26. The molecule has 68 valence electrons. The van der Waals surface area contributed by atoms with E-state index < -0.39 is 0 Å². The van der Waals surface area contributed by atoms with Gasteiger partial charge in [-0.05, 0) is 19.8 Å². The molecule has 13 heavy (non-hydrogen) atoms. The first-order valence-electron chi connectivity index (χ1n) is 4.43. The normalized spacial score (nSPS) is 15.2. The van der Waals surface area contributed by atoms with E-state index in [0.29, 0.717) is 12.5 Å². The minimum atomic E-state index is -0.180. The summed E-state index contributed by atoms with van der Waals surface area (Å²) in [5, 5.41) is 3.95. The first-order valence-corrected chi connectivity index (χ1v) is 4.43. The summed E-state index contributed by atoms with van der Waals surface area (Å²) in [6.45, 7) is 2.28. The molecule has 1 heterocycles. The fourth-order valence-corrected chi connectivity index (χ4v) is 1.41. The quantitative estimate of drug-likeness (QED) is 0.633. The molecule has 1 aliphatic carbocycles. The molecule has 1 aromatic rings. The highest BCUT2D eigenvalue weighted by atomic mass is 19.1. The number of nitrogens with zero attached hydrogens (tertiary/aromatic N) is 2. The predicted octanol–water partition coefficient (Wildman–Crippen LogP) is 1.92. The van der Waals surface area contributed by atoms with Crippen LogP contribution in [0.5, 0.6) is 0 Å². The molecule has 0 aromatic carbocycles. The minimum Gasteiger partial charge on any atom is -0.254 e. The largest absolute Gasteiger partial charge is 0.254 e. The molecule has 0 unspecified atom stereocenters. The van der Waals surface area contributed by atoms with Crippen molar-refractivity contribution in [3.05, 3.63) is 17.7 Å². The molecular formula is C10H11FN2. The fourth-order valence-electron chi connectivity index (χ4n) is 1.41. The Bertz CT molecular complexity index is 366. The molecule has 1 fully saturated rings. The van der Waals surface area contributed by atoms with Crippen molar-refractivity contribution in [2.24, 2.45) is 0 Å². The molecule has 2 rings (SSSR count). The average Bonchev–Trinajstić information content (AvgIpc) is 2.88. The second kappa shape index (κ2) is 3.21. The van der Waals surface area contributed by atoms with Crippen molar-refractivity contribution in [3.8, 4) is 11.8 Å². The van der Waals surface area contributed by atoms with Gasteiger partial charge in [-0.1, -0.05) is 5.92 Å². The van der Waals surface area contributed by atoms with E-state index in [0.717, 1.165) is 18.5 Å². The lowest BCUT2D eigenvalue weighted by Gasteiger charge is -2.00. The van der Waals surface area contributed by atoms with Gasteiger partial charge in [0, 0.05) is 5.92 Å². The molecule has 1 aromatic heterocycles. The molecule has 0 saturated heterocycles. The van der Waals surface area contributed by atoms with Crippen LogP contribution in [0.25, 0.3) is 0 Å². The zero-order chi connectivity index (χ0) is 9.26. The van der Waals surface area contributed by atoms with Gasteiger partial charge in [0.15, 0.2) is 5.82 Å². The summed E-state index contributed by atoms with van der Waals surface area (Å²) in [6, 6.07) is 0. The highest BCUT2D eigenvalue weighted by molar-refractivity contribution is 5.17. The monoisotopic (exact) mass is 178 g/mol. The van der Waals surface area contributed by atoms with Crippen LogP contribution >= 0.6 is 0 Å². The molecule has 2 nitrogen and oxygen atoms in total. The zero-order valence-electron chi connectivity index (χ0n) is 7.55. The molecule has 0 amide bonds. The molecule has 1 aliphatic rings. The van der Waals surface area contributed by atoms with E-state index in [1.807, 2.05) is 0 Å². The minimum absolute atomic E-state index is 0.180. The standard InChI is InChI=1S/C10H11FN2/c1-2-3-6-13-10(8-4-5-8)9(11)7-12-13/h7-8H,4-6H2,1H3. The van der Waals surface area contributed by atoms with Gasteiger partial charge < -0.3 is 0 Å². The van der Waals surface area contributed by atoms with E-state index in [-0.39, 0.29) is 5.82 Å². The van der Waals surface area contributed by atoms with Crippen molar-refractivity contribution < 1.29 is 4.39 Å². The third-order valence-electron chi connectivity index (χ3n) is 2.20. The van der Waals surface area contributed by atoms with Crippen molar-refractivity contribution in [1.29, 1.82) is 0 Å². The molecule has 0 radical (unpaired) electrons. The van der Waals surface area contributed by atoms with E-state index in [2.05, 4.69) is 16.9 Å². The molecule has 3 heteroatoms. The molecule has 0 atom stereocenters. The Hall–Kier alpha value is -1.30. The molecule has 0 N–H and O–H groups in total. The smallest absolute Gasteiger partial charge is 0.164 e. The van der Waals surface area contributed by atoms with Crippen LogP contribution in [-0.4, -0.2) is 9.78 Å². The van der Waals surface area contributed by atoms with Gasteiger partial charge in [0.25, 0.3) is 0 Å². The van der Waals surface area contributed by atoms with E-state index in [1.54, 1.807) is 11.6 Å². The third kappa shape index (κ3) is 1.57. The van der Waals surface area contributed by atoms with E-state index in [9.17, 15) is 4.39 Å². The Labute approximate surface area is 76.8 Å². The summed E-state index contributed by atoms with van der Waals surface area (Å²) >= 11 is 0. The number of hydrogen-bond acceptors (Lipinski definition) is 1. The van der Waals surface area contributed by atoms with Crippen LogP contribution in [0.4, 0.5) is 4.39 Å². The number of hydrogen-bond donors (Lipinski definition) is 0. The molecule has 0 aliphatic heterocycles. The lowest BCUT2D eigenvalue weighted by molar-refractivity contribution is 0.590. The van der Waals surface area contributed by atoms with Crippen molar-refractivity contribution in [2.75, 3.05) is 0 Å². The van der Waals surface area contributed by atoms with Gasteiger partial charge in [0.1, 0.15) is 6.54 Å². The summed E-state index contributed by atoms with van der Waals surface area (Å²) in [7, 11) is 0. The maximum Gasteiger partial charge on any atom is 0.164 e. The number of aromatic nitrogens is 2. The lowest BCUT2D eigenvalue weighted by Crippen LogP contribution is -2.03. The Morgan fingerprint density at radius 3 is 3.08 bits per heavy atom. The molecule has 0 spiro atoms. The van der Waals surface area contributed by atoms with Crippen LogP contribution in [0.2, 0.25) is 0 Å². The summed E-state index contributed by atoms with van der Waals surface area (Å²) in [5.41, 5.74) is 0.739. The molecular weight excluding hydrogens is 167 g/mol. The van der Waals surface area contributed by atoms with Crippen LogP contribution in [0.1, 0.15) is 31.4 Å². The maximum atomic E-state index is 13.2. The van der Waals surface area contributed by atoms with Gasteiger partial charge in [-0.2, -0.15) is 5.10 Å². The van der Waals surface area contributed by atoms with E-state index in [4.69, 9.17) is 0 Å². The van der Waals surface area contributed by atoms with Gasteiger partial charge in [0.05, 0.1) is 11.9 Å². The van der Waals surface area contributed by atoms with E-state index >= 15 is 0 Å². The Morgan fingerprint density at radius 1 is 1.69 bits per heavy atom. The lowest BCUT2D eigenvalue weighted by atomic mass is 10.3. The Kier molecular flexibility index (Phi) is 2.05. The van der Waals surface area contributed by atoms with Crippen LogP contribution in [0.15, 0.2) is 6.20 Å². The second-order valence-electron chi connectivity index (χ2n) is 3.24. The van der Waals surface area contributed by atoms with Gasteiger partial charge in [-0.15, -0.1) is 5.92 Å². The maximum absolute atomic E-state index is 13.2. The Morgan fingerprint density at radius 2 is 2.46 bits per heavy atom. The van der Waals surface area contributed by atoms with Crippen molar-refractivity contribution >= 4 is 0 Å². The summed E-state index contributed by atoms with van der Waals surface area (Å²) < 4.78 is 14.9. The SMILES string of the molecule is CC#CCn1ncc(F)c1C1CC1.